The zero-order chi connectivity index (χ0) is 17.1. The average molecular weight is 330 g/mol. The molecule has 0 spiro atoms. The van der Waals surface area contributed by atoms with Gasteiger partial charge in [0, 0.05) is 21.9 Å². The first-order chi connectivity index (χ1) is 12.3. The van der Waals surface area contributed by atoms with Crippen molar-refractivity contribution in [2.24, 2.45) is 0 Å². The Morgan fingerprint density at radius 1 is 1.08 bits per heavy atom. The van der Waals surface area contributed by atoms with Gasteiger partial charge < -0.3 is 9.40 Å². The molecule has 0 saturated heterocycles. The van der Waals surface area contributed by atoms with E-state index in [-0.39, 0.29) is 0 Å². The molecule has 0 atom stereocenters. The van der Waals surface area contributed by atoms with Gasteiger partial charge in [-0.25, -0.2) is 4.98 Å². The van der Waals surface area contributed by atoms with Gasteiger partial charge >= 0.3 is 0 Å². The maximum absolute atomic E-state index is 5.51. The number of nitrogens with zero attached hydrogens (tertiary/aromatic N) is 1. The minimum absolute atomic E-state index is 0.885. The number of unbranched alkanes of at least 4 members (excludes halogenated alkanes) is 3. The number of fused-ring (bicyclic) bond motifs is 3. The van der Waals surface area contributed by atoms with E-state index in [1.54, 1.807) is 6.26 Å². The molecule has 3 aromatic heterocycles. The summed E-state index contributed by atoms with van der Waals surface area (Å²) in [5.74, 6) is 0.885. The van der Waals surface area contributed by atoms with Gasteiger partial charge in [-0.1, -0.05) is 25.8 Å². The van der Waals surface area contributed by atoms with Crippen LogP contribution in [-0.2, 0) is 0 Å². The van der Waals surface area contributed by atoms with Crippen molar-refractivity contribution in [1.29, 1.82) is 0 Å². The minimum Gasteiger partial charge on any atom is -0.464 e. The van der Waals surface area contributed by atoms with E-state index in [1.165, 1.54) is 24.6 Å². The molecule has 3 heteroatoms. The van der Waals surface area contributed by atoms with Crippen molar-refractivity contribution >= 4 is 28.0 Å². The number of nitrogens with one attached hydrogen (secondary N) is 1. The number of hydrogen-bond donors (Lipinski definition) is 1. The summed E-state index contributed by atoms with van der Waals surface area (Å²) < 4.78 is 5.51. The van der Waals surface area contributed by atoms with E-state index in [1.807, 2.05) is 12.1 Å². The number of H-pyrrole nitrogens is 1. The lowest BCUT2D eigenvalue weighted by atomic mass is 10.1. The van der Waals surface area contributed by atoms with Crippen LogP contribution in [-0.4, -0.2) is 9.97 Å². The van der Waals surface area contributed by atoms with Crippen molar-refractivity contribution in [1.82, 2.24) is 9.97 Å². The number of aromatic nitrogens is 2. The quantitative estimate of drug-likeness (QED) is 0.406. The van der Waals surface area contributed by atoms with Crippen LogP contribution in [0.5, 0.6) is 0 Å². The van der Waals surface area contributed by atoms with Gasteiger partial charge in [0.15, 0.2) is 0 Å². The predicted molar refractivity (Wildman–Crippen MR) is 104 cm³/mol. The van der Waals surface area contributed by atoms with E-state index in [2.05, 4.69) is 54.4 Å². The van der Waals surface area contributed by atoms with Gasteiger partial charge in [0.1, 0.15) is 11.4 Å². The number of benzene rings is 1. The maximum atomic E-state index is 5.51. The summed E-state index contributed by atoms with van der Waals surface area (Å²) in [5.41, 5.74) is 4.12. The highest BCUT2D eigenvalue weighted by Gasteiger charge is 2.08. The van der Waals surface area contributed by atoms with Crippen LogP contribution in [0.25, 0.3) is 39.3 Å². The molecule has 0 aliphatic carbocycles. The van der Waals surface area contributed by atoms with E-state index in [9.17, 15) is 0 Å². The molecular formula is C22H22N2O. The topological polar surface area (TPSA) is 41.8 Å². The monoisotopic (exact) mass is 330 g/mol. The predicted octanol–water partition coefficient (Wildman–Crippen LogP) is 6.57. The van der Waals surface area contributed by atoms with Crippen LogP contribution in [0.2, 0.25) is 0 Å². The van der Waals surface area contributed by atoms with Crippen molar-refractivity contribution in [2.75, 3.05) is 0 Å². The molecule has 0 fully saturated rings. The molecule has 3 heterocycles. The highest BCUT2D eigenvalue weighted by Crippen LogP contribution is 2.29. The van der Waals surface area contributed by atoms with Gasteiger partial charge in [0.2, 0.25) is 0 Å². The van der Waals surface area contributed by atoms with Crippen molar-refractivity contribution in [3.05, 3.63) is 60.5 Å². The number of allylic oxidation sites excluding steroid dienone is 1. The molecule has 3 nitrogen and oxygen atoms in total. The second-order valence-electron chi connectivity index (χ2n) is 6.39. The van der Waals surface area contributed by atoms with Crippen LogP contribution in [0.15, 0.2) is 59.2 Å². The summed E-state index contributed by atoms with van der Waals surface area (Å²) >= 11 is 0. The number of pyridine rings is 1. The van der Waals surface area contributed by atoms with Gasteiger partial charge in [-0.2, -0.15) is 0 Å². The third kappa shape index (κ3) is 3.22. The van der Waals surface area contributed by atoms with E-state index >= 15 is 0 Å². The van der Waals surface area contributed by atoms with Crippen LogP contribution in [0, 0.1) is 0 Å². The van der Waals surface area contributed by atoms with Gasteiger partial charge in [-0.05, 0) is 61.4 Å². The summed E-state index contributed by atoms with van der Waals surface area (Å²) in [6.45, 7) is 2.23. The molecule has 0 radical (unpaired) electrons. The molecule has 126 valence electrons. The zero-order valence-electron chi connectivity index (χ0n) is 14.5. The summed E-state index contributed by atoms with van der Waals surface area (Å²) in [6.07, 6.45) is 11.0. The molecule has 0 aliphatic heterocycles. The second kappa shape index (κ2) is 6.98. The lowest BCUT2D eigenvalue weighted by Crippen LogP contribution is -1.81. The largest absolute Gasteiger partial charge is 0.464 e. The number of hydrogen-bond acceptors (Lipinski definition) is 2. The fraction of sp³-hybridized carbons (Fsp3) is 0.227. The van der Waals surface area contributed by atoms with E-state index in [4.69, 9.17) is 9.40 Å². The SMILES string of the molecule is CCCCCC=Cc1ccc2c(n1)[nH]c1ccc(-c3ccco3)cc12. The lowest BCUT2D eigenvalue weighted by Gasteiger charge is -1.98. The third-order valence-corrected chi connectivity index (χ3v) is 4.55. The first-order valence-electron chi connectivity index (χ1n) is 8.98. The van der Waals surface area contributed by atoms with Gasteiger partial charge in [-0.15, -0.1) is 0 Å². The summed E-state index contributed by atoms with van der Waals surface area (Å²) in [6, 6.07) is 14.5. The number of aromatic amines is 1. The average Bonchev–Trinajstić information content (AvgIpc) is 3.28. The van der Waals surface area contributed by atoms with Crippen LogP contribution in [0.4, 0.5) is 0 Å². The van der Waals surface area contributed by atoms with Gasteiger partial charge in [0.05, 0.1) is 12.0 Å². The molecule has 1 aromatic carbocycles. The molecule has 0 amide bonds. The van der Waals surface area contributed by atoms with Crippen LogP contribution >= 0.6 is 0 Å². The van der Waals surface area contributed by atoms with Crippen molar-refractivity contribution in [3.63, 3.8) is 0 Å². The molecule has 0 bridgehead atoms. The molecule has 4 aromatic rings. The lowest BCUT2D eigenvalue weighted by molar-refractivity contribution is 0.582. The third-order valence-electron chi connectivity index (χ3n) is 4.55. The van der Waals surface area contributed by atoms with E-state index in [0.29, 0.717) is 0 Å². The van der Waals surface area contributed by atoms with E-state index < -0.39 is 0 Å². The van der Waals surface area contributed by atoms with Crippen LogP contribution < -0.4 is 0 Å². The molecule has 4 rings (SSSR count). The summed E-state index contributed by atoms with van der Waals surface area (Å²) in [4.78, 5) is 8.18. The Labute approximate surface area is 147 Å². The highest BCUT2D eigenvalue weighted by molar-refractivity contribution is 6.07. The summed E-state index contributed by atoms with van der Waals surface area (Å²) in [7, 11) is 0. The van der Waals surface area contributed by atoms with Crippen molar-refractivity contribution in [2.45, 2.75) is 32.6 Å². The molecule has 25 heavy (non-hydrogen) atoms. The Morgan fingerprint density at radius 3 is 2.88 bits per heavy atom. The number of furan rings is 1. The Kier molecular flexibility index (Phi) is 4.38. The molecule has 0 saturated carbocycles. The normalized spacial score (nSPS) is 11.9. The van der Waals surface area contributed by atoms with Crippen LogP contribution in [0.3, 0.4) is 0 Å². The minimum atomic E-state index is 0.885. The maximum Gasteiger partial charge on any atom is 0.139 e. The molecule has 1 N–H and O–H groups in total. The number of rotatable bonds is 6. The Morgan fingerprint density at radius 2 is 2.04 bits per heavy atom. The fourth-order valence-electron chi connectivity index (χ4n) is 3.20. The zero-order valence-corrected chi connectivity index (χ0v) is 14.5. The highest BCUT2D eigenvalue weighted by atomic mass is 16.3. The standard InChI is InChI=1S/C22H22N2O/c1-2-3-4-5-6-8-17-11-12-18-19-15-16(21-9-7-14-25-21)10-13-20(19)24-22(18)23-17/h6-15H,2-5H2,1H3,(H,23,24). The second-order valence-corrected chi connectivity index (χ2v) is 6.39. The van der Waals surface area contributed by atoms with Crippen molar-refractivity contribution in [3.8, 4) is 11.3 Å². The smallest absolute Gasteiger partial charge is 0.139 e. The molecule has 0 unspecified atom stereocenters. The van der Waals surface area contributed by atoms with Gasteiger partial charge in [0.25, 0.3) is 0 Å². The first kappa shape index (κ1) is 15.7. The van der Waals surface area contributed by atoms with E-state index in [0.717, 1.165) is 40.0 Å². The Balaban J connectivity index is 1.66. The molecular weight excluding hydrogens is 308 g/mol. The fourth-order valence-corrected chi connectivity index (χ4v) is 3.20. The first-order valence-corrected chi connectivity index (χ1v) is 8.98. The summed E-state index contributed by atoms with van der Waals surface area (Å²) in [5, 5.41) is 2.32. The van der Waals surface area contributed by atoms with Crippen LogP contribution in [0.1, 0.15) is 38.3 Å². The molecule has 0 aliphatic rings. The Bertz CT molecular complexity index is 1010. The van der Waals surface area contributed by atoms with Crippen molar-refractivity contribution < 1.29 is 4.42 Å². The van der Waals surface area contributed by atoms with Gasteiger partial charge in [-0.3, -0.25) is 0 Å². The Hall–Kier alpha value is -2.81.